The van der Waals surface area contributed by atoms with Crippen LogP contribution in [0.15, 0.2) is 40.9 Å². The highest BCUT2D eigenvalue weighted by molar-refractivity contribution is 5.92. The van der Waals surface area contributed by atoms with Gasteiger partial charge >= 0.3 is 0 Å². The van der Waals surface area contributed by atoms with Crippen molar-refractivity contribution >= 4 is 5.91 Å². The topological polar surface area (TPSA) is 78.6 Å². The van der Waals surface area contributed by atoms with E-state index in [1.165, 1.54) is 5.56 Å². The lowest BCUT2D eigenvalue weighted by Crippen LogP contribution is -2.35. The fourth-order valence-corrected chi connectivity index (χ4v) is 2.05. The molecule has 1 amide bonds. The van der Waals surface area contributed by atoms with Crippen LogP contribution in [0.25, 0.3) is 0 Å². The third-order valence-electron chi connectivity index (χ3n) is 3.16. The summed E-state index contributed by atoms with van der Waals surface area (Å²) in [7, 11) is 1.98. The second-order valence-corrected chi connectivity index (χ2v) is 5.39. The zero-order valence-corrected chi connectivity index (χ0v) is 12.8. The van der Waals surface area contributed by atoms with Crippen LogP contribution in [-0.4, -0.2) is 40.8 Å². The van der Waals surface area contributed by atoms with Gasteiger partial charge in [0.25, 0.3) is 5.91 Å². The Morgan fingerprint density at radius 3 is 2.77 bits per heavy atom. The largest absolute Gasteiger partial charge is 0.394 e. The molecular weight excluding hydrogens is 282 g/mol. The SMILES string of the molecule is C[C@@H](CO)NC(=O)c1cc(CN(C)Cc2ccccc2)on1. The quantitative estimate of drug-likeness (QED) is 0.809. The highest BCUT2D eigenvalue weighted by Crippen LogP contribution is 2.10. The van der Waals surface area contributed by atoms with E-state index in [-0.39, 0.29) is 24.2 Å². The van der Waals surface area contributed by atoms with Gasteiger partial charge in [-0.3, -0.25) is 9.69 Å². The summed E-state index contributed by atoms with van der Waals surface area (Å²) in [5, 5.41) is 15.3. The Morgan fingerprint density at radius 2 is 2.09 bits per heavy atom. The van der Waals surface area contributed by atoms with Crippen molar-refractivity contribution in [2.75, 3.05) is 13.7 Å². The van der Waals surface area contributed by atoms with Crippen molar-refractivity contribution in [2.45, 2.75) is 26.1 Å². The molecular formula is C16H21N3O3. The number of nitrogens with one attached hydrogen (secondary N) is 1. The number of hydrogen-bond acceptors (Lipinski definition) is 5. The smallest absolute Gasteiger partial charge is 0.273 e. The van der Waals surface area contributed by atoms with Gasteiger partial charge in [-0.2, -0.15) is 0 Å². The van der Waals surface area contributed by atoms with Crippen LogP contribution in [0.4, 0.5) is 0 Å². The van der Waals surface area contributed by atoms with Gasteiger partial charge in [-0.15, -0.1) is 0 Å². The molecule has 0 aliphatic heterocycles. The molecule has 6 heteroatoms. The number of carbonyl (C=O) groups excluding carboxylic acids is 1. The first-order valence-corrected chi connectivity index (χ1v) is 7.18. The highest BCUT2D eigenvalue weighted by atomic mass is 16.5. The number of carbonyl (C=O) groups is 1. The van der Waals surface area contributed by atoms with Gasteiger partial charge in [0.15, 0.2) is 11.5 Å². The zero-order valence-electron chi connectivity index (χ0n) is 12.8. The minimum Gasteiger partial charge on any atom is -0.394 e. The molecule has 0 aliphatic rings. The number of aliphatic hydroxyl groups excluding tert-OH is 1. The second-order valence-electron chi connectivity index (χ2n) is 5.39. The molecule has 1 atom stereocenters. The molecule has 0 aliphatic carbocycles. The molecule has 0 radical (unpaired) electrons. The van der Waals surface area contributed by atoms with Crippen LogP contribution in [0.2, 0.25) is 0 Å². The summed E-state index contributed by atoms with van der Waals surface area (Å²) in [6.45, 7) is 2.94. The lowest BCUT2D eigenvalue weighted by molar-refractivity contribution is 0.0913. The molecule has 0 unspecified atom stereocenters. The number of aromatic nitrogens is 1. The van der Waals surface area contributed by atoms with Gasteiger partial charge in [-0.25, -0.2) is 0 Å². The molecule has 6 nitrogen and oxygen atoms in total. The Balaban J connectivity index is 1.90. The minimum absolute atomic E-state index is 0.115. The first-order chi connectivity index (χ1) is 10.6. The average Bonchev–Trinajstić information content (AvgIpc) is 2.96. The number of nitrogens with zero attached hydrogens (tertiary/aromatic N) is 2. The van der Waals surface area contributed by atoms with Crippen molar-refractivity contribution in [3.63, 3.8) is 0 Å². The van der Waals surface area contributed by atoms with Crippen LogP contribution in [0.3, 0.4) is 0 Å². The highest BCUT2D eigenvalue weighted by Gasteiger charge is 2.15. The van der Waals surface area contributed by atoms with E-state index < -0.39 is 0 Å². The molecule has 118 valence electrons. The Morgan fingerprint density at radius 1 is 1.36 bits per heavy atom. The molecule has 0 bridgehead atoms. The fraction of sp³-hybridized carbons (Fsp3) is 0.375. The van der Waals surface area contributed by atoms with Crippen LogP contribution in [0.1, 0.15) is 28.7 Å². The standard InChI is InChI=1S/C16H21N3O3/c1-12(11-20)17-16(21)15-8-14(22-18-15)10-19(2)9-13-6-4-3-5-7-13/h3-8,12,20H,9-11H2,1-2H3,(H,17,21)/t12-/m0/s1. The van der Waals surface area contributed by atoms with Gasteiger partial charge < -0.3 is 14.9 Å². The van der Waals surface area contributed by atoms with Crippen molar-refractivity contribution in [3.05, 3.63) is 53.4 Å². The fourth-order valence-electron chi connectivity index (χ4n) is 2.05. The number of aliphatic hydroxyl groups is 1. The van der Waals surface area contributed by atoms with Crippen molar-refractivity contribution in [1.29, 1.82) is 0 Å². The summed E-state index contributed by atoms with van der Waals surface area (Å²) in [5.41, 5.74) is 1.43. The van der Waals surface area contributed by atoms with Gasteiger partial charge in [0, 0.05) is 18.7 Å². The van der Waals surface area contributed by atoms with Crippen molar-refractivity contribution in [3.8, 4) is 0 Å². The zero-order chi connectivity index (χ0) is 15.9. The van der Waals surface area contributed by atoms with Crippen LogP contribution >= 0.6 is 0 Å². The summed E-state index contributed by atoms with van der Waals surface area (Å²) < 4.78 is 5.19. The molecule has 1 heterocycles. The predicted molar refractivity (Wildman–Crippen MR) is 82.1 cm³/mol. The van der Waals surface area contributed by atoms with E-state index in [2.05, 4.69) is 27.5 Å². The molecule has 1 aromatic heterocycles. The van der Waals surface area contributed by atoms with Crippen molar-refractivity contribution < 1.29 is 14.4 Å². The maximum absolute atomic E-state index is 11.8. The number of hydrogen-bond donors (Lipinski definition) is 2. The van der Waals surface area contributed by atoms with E-state index >= 15 is 0 Å². The summed E-state index contributed by atoms with van der Waals surface area (Å²) >= 11 is 0. The first-order valence-electron chi connectivity index (χ1n) is 7.18. The van der Waals surface area contributed by atoms with E-state index in [0.29, 0.717) is 12.3 Å². The van der Waals surface area contributed by atoms with E-state index in [4.69, 9.17) is 9.63 Å². The molecule has 22 heavy (non-hydrogen) atoms. The summed E-state index contributed by atoms with van der Waals surface area (Å²) in [6, 6.07) is 11.4. The lowest BCUT2D eigenvalue weighted by atomic mass is 10.2. The average molecular weight is 303 g/mol. The maximum atomic E-state index is 11.8. The van der Waals surface area contributed by atoms with Crippen molar-refractivity contribution in [1.82, 2.24) is 15.4 Å². The van der Waals surface area contributed by atoms with Gasteiger partial charge in [0.05, 0.1) is 13.2 Å². The second kappa shape index (κ2) is 7.72. The van der Waals surface area contributed by atoms with Crippen LogP contribution < -0.4 is 5.32 Å². The third-order valence-corrected chi connectivity index (χ3v) is 3.16. The maximum Gasteiger partial charge on any atom is 0.273 e. The summed E-state index contributed by atoms with van der Waals surface area (Å²) in [4.78, 5) is 13.9. The monoisotopic (exact) mass is 303 g/mol. The molecule has 2 N–H and O–H groups in total. The molecule has 2 rings (SSSR count). The summed E-state index contributed by atoms with van der Waals surface area (Å²) in [5.74, 6) is 0.280. The normalized spacial score (nSPS) is 12.4. The van der Waals surface area contributed by atoms with E-state index in [9.17, 15) is 4.79 Å². The van der Waals surface area contributed by atoms with Gasteiger partial charge in [0.2, 0.25) is 0 Å². The first kappa shape index (κ1) is 16.2. The molecule has 1 aromatic carbocycles. The van der Waals surface area contributed by atoms with Crippen LogP contribution in [-0.2, 0) is 13.1 Å². The molecule has 0 saturated heterocycles. The number of benzene rings is 1. The molecule has 0 fully saturated rings. The van der Waals surface area contributed by atoms with Crippen LogP contribution in [0, 0.1) is 0 Å². The van der Waals surface area contributed by atoms with E-state index in [1.54, 1.807) is 13.0 Å². The molecule has 2 aromatic rings. The summed E-state index contributed by atoms with van der Waals surface area (Å²) in [6.07, 6.45) is 0. The van der Waals surface area contributed by atoms with E-state index in [0.717, 1.165) is 6.54 Å². The van der Waals surface area contributed by atoms with Gasteiger partial charge in [0.1, 0.15) is 0 Å². The van der Waals surface area contributed by atoms with Crippen molar-refractivity contribution in [2.24, 2.45) is 0 Å². The Hall–Kier alpha value is -2.18. The van der Waals surface area contributed by atoms with Gasteiger partial charge in [-0.05, 0) is 19.5 Å². The van der Waals surface area contributed by atoms with E-state index in [1.807, 2.05) is 25.2 Å². The van der Waals surface area contributed by atoms with Crippen LogP contribution in [0.5, 0.6) is 0 Å². The number of amides is 1. The van der Waals surface area contributed by atoms with Gasteiger partial charge in [-0.1, -0.05) is 35.5 Å². The molecule has 0 spiro atoms. The third kappa shape index (κ3) is 4.68. The lowest BCUT2D eigenvalue weighted by Gasteiger charge is -2.14. The Labute approximate surface area is 129 Å². The number of rotatable bonds is 7. The Bertz CT molecular complexity index is 598. The Kier molecular flexibility index (Phi) is 5.68. The predicted octanol–water partition coefficient (Wildman–Crippen LogP) is 1.42. The molecule has 0 saturated carbocycles. The minimum atomic E-state index is -0.345.